The molecule has 3 aromatic rings. The van der Waals surface area contributed by atoms with Crippen LogP contribution in [0.5, 0.6) is 11.5 Å². The third-order valence-electron chi connectivity index (χ3n) is 5.94. The van der Waals surface area contributed by atoms with Gasteiger partial charge in [0.15, 0.2) is 0 Å². The molecule has 0 radical (unpaired) electrons. The third kappa shape index (κ3) is 6.63. The summed E-state index contributed by atoms with van der Waals surface area (Å²) in [6.07, 6.45) is 0. The van der Waals surface area contributed by atoms with Gasteiger partial charge in [-0.05, 0) is 55.8 Å². The number of carbonyl (C=O) groups is 2. The van der Waals surface area contributed by atoms with E-state index in [-0.39, 0.29) is 23.0 Å². The Bertz CT molecular complexity index is 1350. The summed E-state index contributed by atoms with van der Waals surface area (Å²) < 4.78 is 39.7. The van der Waals surface area contributed by atoms with Crippen molar-refractivity contribution in [3.63, 3.8) is 0 Å². The van der Waals surface area contributed by atoms with Gasteiger partial charge in [0.25, 0.3) is 10.0 Å². The number of amides is 2. The molecule has 0 fully saturated rings. The van der Waals surface area contributed by atoms with Gasteiger partial charge in [0.2, 0.25) is 11.8 Å². The van der Waals surface area contributed by atoms with Gasteiger partial charge in [-0.1, -0.05) is 42.5 Å². The van der Waals surface area contributed by atoms with Crippen molar-refractivity contribution in [1.29, 1.82) is 0 Å². The third-order valence-corrected chi connectivity index (χ3v) is 7.72. The Morgan fingerprint density at radius 2 is 1.66 bits per heavy atom. The van der Waals surface area contributed by atoms with E-state index in [1.54, 1.807) is 74.5 Å². The molecule has 0 aromatic heterocycles. The molecule has 9 nitrogen and oxygen atoms in total. The fraction of sp³-hybridized carbons (Fsp3) is 0.286. The summed E-state index contributed by atoms with van der Waals surface area (Å²) in [6.45, 7) is 3.21. The molecular formula is C28H33N3O6S. The van der Waals surface area contributed by atoms with Gasteiger partial charge in [-0.15, -0.1) is 0 Å². The number of hydrogen-bond donors (Lipinski definition) is 1. The van der Waals surface area contributed by atoms with Crippen molar-refractivity contribution in [1.82, 2.24) is 10.2 Å². The fourth-order valence-corrected chi connectivity index (χ4v) is 5.38. The van der Waals surface area contributed by atoms with Crippen LogP contribution in [0, 0.1) is 0 Å². The Labute approximate surface area is 224 Å². The lowest BCUT2D eigenvalue weighted by Crippen LogP contribution is -2.50. The van der Waals surface area contributed by atoms with Gasteiger partial charge in [0.05, 0.1) is 24.3 Å². The number of rotatable bonds is 12. The summed E-state index contributed by atoms with van der Waals surface area (Å²) in [5, 5.41) is 2.57. The summed E-state index contributed by atoms with van der Waals surface area (Å²) in [5.41, 5.74) is 0.945. The largest absolute Gasteiger partial charge is 0.497 e. The summed E-state index contributed by atoms with van der Waals surface area (Å²) >= 11 is 0. The van der Waals surface area contributed by atoms with Gasteiger partial charge in [0, 0.05) is 13.6 Å². The minimum Gasteiger partial charge on any atom is -0.497 e. The molecule has 0 aliphatic heterocycles. The summed E-state index contributed by atoms with van der Waals surface area (Å²) in [7, 11) is -1.15. The molecule has 2 amide bonds. The molecule has 0 aliphatic rings. The Balaban J connectivity index is 2.07. The van der Waals surface area contributed by atoms with Crippen LogP contribution in [0.15, 0.2) is 83.8 Å². The second-order valence-electron chi connectivity index (χ2n) is 8.39. The molecule has 0 saturated carbocycles. The Morgan fingerprint density at radius 1 is 0.974 bits per heavy atom. The van der Waals surface area contributed by atoms with Crippen LogP contribution < -0.4 is 19.1 Å². The van der Waals surface area contributed by atoms with Gasteiger partial charge < -0.3 is 19.7 Å². The number of methoxy groups -OCH3 is 1. The number of para-hydroxylation sites is 2. The van der Waals surface area contributed by atoms with Crippen LogP contribution >= 0.6 is 0 Å². The van der Waals surface area contributed by atoms with Gasteiger partial charge in [0.1, 0.15) is 24.1 Å². The van der Waals surface area contributed by atoms with Crippen molar-refractivity contribution in [2.75, 3.05) is 31.6 Å². The van der Waals surface area contributed by atoms with Crippen molar-refractivity contribution in [2.45, 2.75) is 31.3 Å². The molecule has 0 bridgehead atoms. The Kier molecular flexibility index (Phi) is 9.72. The van der Waals surface area contributed by atoms with Gasteiger partial charge in [-0.25, -0.2) is 8.42 Å². The van der Waals surface area contributed by atoms with Crippen LogP contribution in [-0.4, -0.2) is 58.5 Å². The predicted molar refractivity (Wildman–Crippen MR) is 146 cm³/mol. The maximum Gasteiger partial charge on any atom is 0.264 e. The Hall–Kier alpha value is -4.05. The number of carbonyl (C=O) groups excluding carboxylic acids is 2. The average Bonchev–Trinajstić information content (AvgIpc) is 2.94. The molecule has 3 rings (SSSR count). The summed E-state index contributed by atoms with van der Waals surface area (Å²) in [6, 6.07) is 20.8. The quantitative estimate of drug-likeness (QED) is 0.378. The molecule has 0 aliphatic carbocycles. The highest BCUT2D eigenvalue weighted by molar-refractivity contribution is 7.92. The number of nitrogens with zero attached hydrogens (tertiary/aromatic N) is 2. The van der Waals surface area contributed by atoms with Crippen molar-refractivity contribution in [2.24, 2.45) is 0 Å². The fourth-order valence-electron chi connectivity index (χ4n) is 3.93. The number of anilines is 1. The number of likely N-dealkylation sites (N-methyl/N-ethyl adjacent to an activating group) is 1. The zero-order valence-corrected chi connectivity index (χ0v) is 22.8. The standard InChI is InChI=1S/C28H33N3O6S/c1-5-37-26-17-10-9-16-25(26)31(38(34,35)24-14-7-6-8-15-24)20-27(32)30(21(2)28(33)29-3)19-22-12-11-13-23(18-22)36-4/h6-18,21H,5,19-20H2,1-4H3,(H,29,33). The lowest BCUT2D eigenvalue weighted by molar-refractivity contribution is -0.139. The van der Waals surface area contributed by atoms with Crippen LogP contribution in [0.2, 0.25) is 0 Å². The summed E-state index contributed by atoms with van der Waals surface area (Å²) in [4.78, 5) is 27.8. The van der Waals surface area contributed by atoms with E-state index < -0.39 is 28.5 Å². The van der Waals surface area contributed by atoms with E-state index in [1.165, 1.54) is 31.2 Å². The number of benzene rings is 3. The smallest absolute Gasteiger partial charge is 0.264 e. The summed E-state index contributed by atoms with van der Waals surface area (Å²) in [5.74, 6) is -0.0226. The van der Waals surface area contributed by atoms with Crippen molar-refractivity contribution >= 4 is 27.5 Å². The van der Waals surface area contributed by atoms with Crippen LogP contribution in [0.25, 0.3) is 0 Å². The molecule has 202 valence electrons. The molecule has 1 unspecified atom stereocenters. The molecule has 0 spiro atoms. The van der Waals surface area contributed by atoms with Crippen LogP contribution in [0.1, 0.15) is 19.4 Å². The normalized spacial score (nSPS) is 11.8. The Morgan fingerprint density at radius 3 is 2.32 bits per heavy atom. The zero-order chi connectivity index (χ0) is 27.7. The topological polar surface area (TPSA) is 105 Å². The highest BCUT2D eigenvalue weighted by Gasteiger charge is 2.33. The van der Waals surface area contributed by atoms with E-state index in [9.17, 15) is 18.0 Å². The van der Waals surface area contributed by atoms with Crippen LogP contribution in [-0.2, 0) is 26.2 Å². The van der Waals surface area contributed by atoms with E-state index in [0.29, 0.717) is 18.1 Å². The molecular weight excluding hydrogens is 506 g/mol. The van der Waals surface area contributed by atoms with Crippen LogP contribution in [0.4, 0.5) is 5.69 Å². The predicted octanol–water partition coefficient (Wildman–Crippen LogP) is 3.45. The van der Waals surface area contributed by atoms with Gasteiger partial charge >= 0.3 is 0 Å². The monoisotopic (exact) mass is 539 g/mol. The van der Waals surface area contributed by atoms with E-state index in [0.717, 1.165) is 9.87 Å². The van der Waals surface area contributed by atoms with Crippen LogP contribution in [0.3, 0.4) is 0 Å². The lowest BCUT2D eigenvalue weighted by atomic mass is 10.1. The van der Waals surface area contributed by atoms with Gasteiger partial charge in [-0.3, -0.25) is 13.9 Å². The maximum atomic E-state index is 13.9. The average molecular weight is 540 g/mol. The SMILES string of the molecule is CCOc1ccccc1N(CC(=O)N(Cc1cccc(OC)c1)C(C)C(=O)NC)S(=O)(=O)c1ccccc1. The second-order valence-corrected chi connectivity index (χ2v) is 10.3. The first-order valence-electron chi connectivity index (χ1n) is 12.2. The molecule has 0 saturated heterocycles. The molecule has 3 aromatic carbocycles. The van der Waals surface area contributed by atoms with Crippen molar-refractivity contribution < 1.29 is 27.5 Å². The molecule has 1 N–H and O–H groups in total. The van der Waals surface area contributed by atoms with Gasteiger partial charge in [-0.2, -0.15) is 0 Å². The highest BCUT2D eigenvalue weighted by atomic mass is 32.2. The molecule has 10 heteroatoms. The van der Waals surface area contributed by atoms with E-state index in [2.05, 4.69) is 5.32 Å². The minimum absolute atomic E-state index is 0.0257. The maximum absolute atomic E-state index is 13.9. The van der Waals surface area contributed by atoms with E-state index in [4.69, 9.17) is 9.47 Å². The lowest BCUT2D eigenvalue weighted by Gasteiger charge is -2.32. The molecule has 38 heavy (non-hydrogen) atoms. The van der Waals surface area contributed by atoms with Crippen molar-refractivity contribution in [3.8, 4) is 11.5 Å². The second kappa shape index (κ2) is 13.0. The highest BCUT2D eigenvalue weighted by Crippen LogP contribution is 2.33. The first kappa shape index (κ1) is 28.5. The number of nitrogens with one attached hydrogen (secondary N) is 1. The van der Waals surface area contributed by atoms with E-state index in [1.807, 2.05) is 6.07 Å². The minimum atomic E-state index is -4.17. The first-order chi connectivity index (χ1) is 18.2. The number of ether oxygens (including phenoxy) is 2. The number of hydrogen-bond acceptors (Lipinski definition) is 6. The zero-order valence-electron chi connectivity index (χ0n) is 22.0. The first-order valence-corrected chi connectivity index (χ1v) is 13.6. The van der Waals surface area contributed by atoms with Crippen molar-refractivity contribution in [3.05, 3.63) is 84.4 Å². The molecule has 0 heterocycles. The van der Waals surface area contributed by atoms with E-state index >= 15 is 0 Å². The molecule has 1 atom stereocenters. The number of sulfonamides is 1.